The predicted octanol–water partition coefficient (Wildman–Crippen LogP) is 0.365. The van der Waals surface area contributed by atoms with Crippen molar-refractivity contribution in [2.24, 2.45) is 0 Å². The van der Waals surface area contributed by atoms with Crippen molar-refractivity contribution in [2.45, 2.75) is 30.2 Å². The highest BCUT2D eigenvalue weighted by Gasteiger charge is 2.30. The lowest BCUT2D eigenvalue weighted by atomic mass is 10.2. The van der Waals surface area contributed by atoms with Gasteiger partial charge in [0.1, 0.15) is 11.6 Å². The third-order valence-corrected chi connectivity index (χ3v) is 3.51. The van der Waals surface area contributed by atoms with Crippen molar-refractivity contribution in [3.63, 3.8) is 0 Å². The van der Waals surface area contributed by atoms with Crippen LogP contribution in [0.1, 0.15) is 12.8 Å². The minimum absolute atomic E-state index is 0.0950. The number of carbonyl (C=O) groups is 1. The lowest BCUT2D eigenvalue weighted by Gasteiger charge is -2.10. The van der Waals surface area contributed by atoms with Crippen LogP contribution in [0, 0.1) is 0 Å². The van der Waals surface area contributed by atoms with Crippen LogP contribution in [-0.2, 0) is 9.53 Å². The number of nitrogens with two attached hydrogens (primary N) is 2. The molecule has 1 aliphatic heterocycles. The van der Waals surface area contributed by atoms with Gasteiger partial charge in [0.25, 0.3) is 0 Å². The minimum Gasteiger partial charge on any atom is -0.479 e. The van der Waals surface area contributed by atoms with Gasteiger partial charge in [-0.1, -0.05) is 11.8 Å². The van der Waals surface area contributed by atoms with Crippen molar-refractivity contribution < 1.29 is 14.6 Å². The number of carboxylic acid groups (broad SMARTS) is 1. The third-order valence-electron chi connectivity index (χ3n) is 2.53. The monoisotopic (exact) mass is 270 g/mol. The fourth-order valence-electron chi connectivity index (χ4n) is 1.70. The second kappa shape index (κ2) is 5.40. The Hall–Kier alpha value is -1.54. The quantitative estimate of drug-likeness (QED) is 0.529. The summed E-state index contributed by atoms with van der Waals surface area (Å²) in [5, 5.41) is 9.28. The first-order valence-corrected chi connectivity index (χ1v) is 6.44. The van der Waals surface area contributed by atoms with Crippen molar-refractivity contribution in [1.29, 1.82) is 0 Å². The molecule has 1 saturated heterocycles. The van der Waals surface area contributed by atoms with Crippen LogP contribution in [0.15, 0.2) is 11.2 Å². The molecule has 98 valence electrons. The maximum Gasteiger partial charge on any atom is 0.332 e. The normalized spacial score (nSPS) is 23.1. The highest BCUT2D eigenvalue weighted by molar-refractivity contribution is 7.99. The molecule has 2 rings (SSSR count). The van der Waals surface area contributed by atoms with Crippen LogP contribution in [0.25, 0.3) is 0 Å². The maximum atomic E-state index is 10.7. The van der Waals surface area contributed by atoms with Gasteiger partial charge >= 0.3 is 5.97 Å². The van der Waals surface area contributed by atoms with E-state index in [0.717, 1.165) is 6.42 Å². The molecule has 8 heteroatoms. The molecule has 5 N–H and O–H groups in total. The summed E-state index contributed by atoms with van der Waals surface area (Å²) in [4.78, 5) is 18.8. The molecule has 0 amide bonds. The SMILES string of the molecule is Nc1cc(N)nc(SCC2CCC(C(=O)O)O2)n1. The number of hydrogen-bond donors (Lipinski definition) is 3. The number of nitrogens with zero attached hydrogens (tertiary/aromatic N) is 2. The summed E-state index contributed by atoms with van der Waals surface area (Å²) in [5.41, 5.74) is 11.1. The molecule has 1 aromatic rings. The lowest BCUT2D eigenvalue weighted by molar-refractivity contribution is -0.148. The van der Waals surface area contributed by atoms with Gasteiger partial charge in [-0.3, -0.25) is 0 Å². The van der Waals surface area contributed by atoms with E-state index in [1.165, 1.54) is 17.8 Å². The van der Waals surface area contributed by atoms with E-state index in [1.54, 1.807) is 0 Å². The van der Waals surface area contributed by atoms with Gasteiger partial charge < -0.3 is 21.3 Å². The van der Waals surface area contributed by atoms with Crippen LogP contribution >= 0.6 is 11.8 Å². The molecule has 2 atom stereocenters. The molecule has 0 radical (unpaired) electrons. The van der Waals surface area contributed by atoms with E-state index in [4.69, 9.17) is 21.3 Å². The van der Waals surface area contributed by atoms with E-state index in [2.05, 4.69) is 9.97 Å². The van der Waals surface area contributed by atoms with E-state index >= 15 is 0 Å². The molecule has 0 bridgehead atoms. The molecular formula is C10H14N4O3S. The standard InChI is InChI=1S/C10H14N4O3S/c11-7-3-8(12)14-10(13-7)18-4-5-1-2-6(17-5)9(15)16/h3,5-6H,1-2,4H2,(H,15,16)(H4,11,12,13,14). The van der Waals surface area contributed by atoms with Crippen molar-refractivity contribution in [1.82, 2.24) is 9.97 Å². The van der Waals surface area contributed by atoms with Crippen LogP contribution in [0.3, 0.4) is 0 Å². The van der Waals surface area contributed by atoms with E-state index in [-0.39, 0.29) is 6.10 Å². The maximum absolute atomic E-state index is 10.7. The number of nitrogen functional groups attached to an aromatic ring is 2. The van der Waals surface area contributed by atoms with Crippen LogP contribution in [0.2, 0.25) is 0 Å². The molecule has 0 saturated carbocycles. The number of thioether (sulfide) groups is 1. The highest BCUT2D eigenvalue weighted by Crippen LogP contribution is 2.25. The summed E-state index contributed by atoms with van der Waals surface area (Å²) in [6.07, 6.45) is 0.479. The average molecular weight is 270 g/mol. The summed E-state index contributed by atoms with van der Waals surface area (Å²) in [7, 11) is 0. The van der Waals surface area contributed by atoms with E-state index in [0.29, 0.717) is 29.0 Å². The van der Waals surface area contributed by atoms with Crippen molar-refractivity contribution in [2.75, 3.05) is 17.2 Å². The van der Waals surface area contributed by atoms with Gasteiger partial charge in [-0.2, -0.15) is 0 Å². The number of aromatic nitrogens is 2. The predicted molar refractivity (Wildman–Crippen MR) is 67.1 cm³/mol. The molecule has 2 heterocycles. The van der Waals surface area contributed by atoms with Gasteiger partial charge in [-0.15, -0.1) is 0 Å². The van der Waals surface area contributed by atoms with Crippen molar-refractivity contribution in [3.05, 3.63) is 6.07 Å². The zero-order valence-electron chi connectivity index (χ0n) is 9.57. The van der Waals surface area contributed by atoms with E-state index in [1.807, 2.05) is 0 Å². The summed E-state index contributed by atoms with van der Waals surface area (Å²) in [6, 6.07) is 1.48. The Balaban J connectivity index is 1.87. The first-order valence-electron chi connectivity index (χ1n) is 5.45. The number of hydrogen-bond acceptors (Lipinski definition) is 7. The summed E-state index contributed by atoms with van der Waals surface area (Å²) >= 11 is 1.36. The second-order valence-corrected chi connectivity index (χ2v) is 4.96. The van der Waals surface area contributed by atoms with E-state index in [9.17, 15) is 4.79 Å². The molecule has 1 aromatic heterocycles. The number of aliphatic carboxylic acids is 1. The number of anilines is 2. The molecule has 18 heavy (non-hydrogen) atoms. The van der Waals surface area contributed by atoms with Gasteiger partial charge in [0.2, 0.25) is 0 Å². The Morgan fingerprint density at radius 1 is 1.44 bits per heavy atom. The Morgan fingerprint density at radius 3 is 2.67 bits per heavy atom. The van der Waals surface area contributed by atoms with Crippen LogP contribution < -0.4 is 11.5 Å². The Morgan fingerprint density at radius 2 is 2.11 bits per heavy atom. The fraction of sp³-hybridized carbons (Fsp3) is 0.500. The molecule has 1 aliphatic rings. The first-order chi connectivity index (χ1) is 8.54. The molecular weight excluding hydrogens is 256 g/mol. The van der Waals surface area contributed by atoms with Crippen LogP contribution in [-0.4, -0.2) is 39.0 Å². The lowest BCUT2D eigenvalue weighted by Crippen LogP contribution is -2.21. The van der Waals surface area contributed by atoms with Crippen molar-refractivity contribution in [3.8, 4) is 0 Å². The average Bonchev–Trinajstić information content (AvgIpc) is 2.73. The zero-order chi connectivity index (χ0) is 13.1. The van der Waals surface area contributed by atoms with Gasteiger partial charge in [0.05, 0.1) is 6.10 Å². The number of carboxylic acids is 1. The highest BCUT2D eigenvalue weighted by atomic mass is 32.2. The van der Waals surface area contributed by atoms with E-state index < -0.39 is 12.1 Å². The van der Waals surface area contributed by atoms with Gasteiger partial charge in [0.15, 0.2) is 11.3 Å². The summed E-state index contributed by atoms with van der Waals surface area (Å²) in [6.45, 7) is 0. The van der Waals surface area contributed by atoms with Gasteiger partial charge in [0, 0.05) is 11.8 Å². The second-order valence-electron chi connectivity index (χ2n) is 3.97. The Kier molecular flexibility index (Phi) is 3.87. The minimum atomic E-state index is -0.910. The summed E-state index contributed by atoms with van der Waals surface area (Å²) in [5.74, 6) is 0.320. The molecule has 7 nitrogen and oxygen atoms in total. The number of ether oxygens (including phenoxy) is 1. The zero-order valence-corrected chi connectivity index (χ0v) is 10.4. The van der Waals surface area contributed by atoms with Gasteiger partial charge in [-0.25, -0.2) is 14.8 Å². The third kappa shape index (κ3) is 3.23. The fourth-order valence-corrected chi connectivity index (χ4v) is 2.62. The molecule has 0 spiro atoms. The molecule has 2 unspecified atom stereocenters. The van der Waals surface area contributed by atoms with Crippen LogP contribution in [0.5, 0.6) is 0 Å². The smallest absolute Gasteiger partial charge is 0.332 e. The molecule has 0 aliphatic carbocycles. The topological polar surface area (TPSA) is 124 Å². The van der Waals surface area contributed by atoms with Crippen molar-refractivity contribution >= 4 is 29.4 Å². The first kappa shape index (κ1) is 12.9. The van der Waals surface area contributed by atoms with Crippen LogP contribution in [0.4, 0.5) is 11.6 Å². The molecule has 1 fully saturated rings. The summed E-state index contributed by atoms with van der Waals surface area (Å²) < 4.78 is 5.37. The largest absolute Gasteiger partial charge is 0.479 e. The van der Waals surface area contributed by atoms with Gasteiger partial charge in [-0.05, 0) is 12.8 Å². The Bertz CT molecular complexity index is 436. The number of rotatable bonds is 4. The Labute approximate surface area is 108 Å². The molecule has 0 aromatic carbocycles.